The summed E-state index contributed by atoms with van der Waals surface area (Å²) in [6.45, 7) is 4.09. The van der Waals surface area contributed by atoms with Gasteiger partial charge >= 0.3 is 0 Å². The SMILES string of the molecule is O=C(COc1cccc2c1ccn2Cc1ccccc1)NC[C@@H]1CCCN2CCCC[C@H]12. The van der Waals surface area contributed by atoms with Crippen LogP contribution in [-0.4, -0.2) is 47.7 Å². The molecule has 3 aromatic rings. The molecule has 2 aliphatic heterocycles. The second-order valence-electron chi connectivity index (χ2n) is 9.21. The molecule has 0 spiro atoms. The molecule has 0 saturated carbocycles. The van der Waals surface area contributed by atoms with Gasteiger partial charge in [-0.15, -0.1) is 0 Å². The first-order chi connectivity index (χ1) is 15.8. The number of piperidine rings is 2. The zero-order valence-electron chi connectivity index (χ0n) is 18.7. The molecule has 5 heteroatoms. The van der Waals surface area contributed by atoms with Crippen molar-refractivity contribution in [3.63, 3.8) is 0 Å². The van der Waals surface area contributed by atoms with Crippen LogP contribution in [0.15, 0.2) is 60.8 Å². The van der Waals surface area contributed by atoms with Gasteiger partial charge in [-0.3, -0.25) is 4.79 Å². The topological polar surface area (TPSA) is 46.5 Å². The molecular weight excluding hydrogens is 398 g/mol. The van der Waals surface area contributed by atoms with Crippen molar-refractivity contribution in [2.24, 2.45) is 5.92 Å². The van der Waals surface area contributed by atoms with E-state index in [1.165, 1.54) is 50.8 Å². The summed E-state index contributed by atoms with van der Waals surface area (Å²) in [6.07, 6.45) is 8.47. The van der Waals surface area contributed by atoms with Crippen LogP contribution in [0.2, 0.25) is 0 Å². The van der Waals surface area contributed by atoms with Gasteiger partial charge in [-0.1, -0.05) is 42.8 Å². The van der Waals surface area contributed by atoms with E-state index < -0.39 is 0 Å². The molecule has 0 unspecified atom stereocenters. The second-order valence-corrected chi connectivity index (χ2v) is 9.21. The van der Waals surface area contributed by atoms with Crippen LogP contribution < -0.4 is 10.1 Å². The number of amides is 1. The third kappa shape index (κ3) is 4.68. The third-order valence-corrected chi connectivity index (χ3v) is 7.12. The van der Waals surface area contributed by atoms with E-state index in [1.54, 1.807) is 0 Å². The summed E-state index contributed by atoms with van der Waals surface area (Å²) in [5.74, 6) is 1.31. The van der Waals surface area contributed by atoms with E-state index in [9.17, 15) is 4.79 Å². The summed E-state index contributed by atoms with van der Waals surface area (Å²) in [4.78, 5) is 15.2. The first kappa shape index (κ1) is 21.1. The van der Waals surface area contributed by atoms with E-state index in [2.05, 4.69) is 57.4 Å². The predicted octanol–water partition coefficient (Wildman–Crippen LogP) is 4.45. The minimum atomic E-state index is -0.0290. The average molecular weight is 432 g/mol. The van der Waals surface area contributed by atoms with Crippen molar-refractivity contribution in [2.45, 2.75) is 44.7 Å². The van der Waals surface area contributed by atoms with E-state index in [0.29, 0.717) is 12.0 Å². The highest BCUT2D eigenvalue weighted by Gasteiger charge is 2.32. The molecule has 32 heavy (non-hydrogen) atoms. The van der Waals surface area contributed by atoms with E-state index >= 15 is 0 Å². The Bertz CT molecular complexity index is 1040. The highest BCUT2D eigenvalue weighted by molar-refractivity contribution is 5.87. The summed E-state index contributed by atoms with van der Waals surface area (Å²) in [5, 5.41) is 4.19. The largest absolute Gasteiger partial charge is 0.483 e. The van der Waals surface area contributed by atoms with E-state index in [4.69, 9.17) is 4.74 Å². The number of carbonyl (C=O) groups excluding carboxylic acids is 1. The standard InChI is InChI=1S/C27H33N3O2/c31-27(28-18-22-10-7-16-29-15-5-4-11-24(22)29)20-32-26-13-6-12-25-23(26)14-17-30(25)19-21-8-2-1-3-9-21/h1-3,6,8-9,12-14,17,22,24H,4-5,7,10-11,15-16,18-20H2,(H,28,31)/t22-,24+/m0/s1. The Balaban J connectivity index is 1.17. The Labute approximate surface area is 190 Å². The van der Waals surface area contributed by atoms with Crippen molar-refractivity contribution < 1.29 is 9.53 Å². The quantitative estimate of drug-likeness (QED) is 0.601. The fourth-order valence-corrected chi connectivity index (χ4v) is 5.49. The molecule has 2 aliphatic rings. The number of aromatic nitrogens is 1. The fraction of sp³-hybridized carbons (Fsp3) is 0.444. The van der Waals surface area contributed by atoms with E-state index in [0.717, 1.165) is 29.7 Å². The lowest BCUT2D eigenvalue weighted by Gasteiger charge is -2.44. The monoisotopic (exact) mass is 431 g/mol. The van der Waals surface area contributed by atoms with Gasteiger partial charge in [-0.05, 0) is 68.5 Å². The zero-order chi connectivity index (χ0) is 21.8. The number of hydrogen-bond acceptors (Lipinski definition) is 3. The molecule has 5 nitrogen and oxygen atoms in total. The smallest absolute Gasteiger partial charge is 0.257 e. The van der Waals surface area contributed by atoms with Crippen LogP contribution >= 0.6 is 0 Å². The Morgan fingerprint density at radius 3 is 2.75 bits per heavy atom. The minimum absolute atomic E-state index is 0.0290. The summed E-state index contributed by atoms with van der Waals surface area (Å²) in [5.41, 5.74) is 2.38. The zero-order valence-corrected chi connectivity index (χ0v) is 18.7. The van der Waals surface area contributed by atoms with E-state index in [-0.39, 0.29) is 12.5 Å². The number of ether oxygens (including phenoxy) is 1. The molecule has 1 amide bonds. The number of rotatable bonds is 7. The molecule has 1 aromatic heterocycles. The van der Waals surface area contributed by atoms with Crippen LogP contribution in [0.25, 0.3) is 10.9 Å². The second kappa shape index (κ2) is 9.78. The minimum Gasteiger partial charge on any atom is -0.483 e. The molecule has 2 atom stereocenters. The number of benzene rings is 2. The van der Waals surface area contributed by atoms with Crippen molar-refractivity contribution in [1.82, 2.24) is 14.8 Å². The highest BCUT2D eigenvalue weighted by atomic mass is 16.5. The van der Waals surface area contributed by atoms with Crippen molar-refractivity contribution in [3.05, 3.63) is 66.4 Å². The molecular formula is C27H33N3O2. The van der Waals surface area contributed by atoms with Gasteiger partial charge in [0.05, 0.1) is 5.52 Å². The lowest BCUT2D eigenvalue weighted by Crippen LogP contribution is -2.51. The third-order valence-electron chi connectivity index (χ3n) is 7.12. The van der Waals surface area contributed by atoms with Crippen molar-refractivity contribution in [1.29, 1.82) is 0 Å². The first-order valence-corrected chi connectivity index (χ1v) is 12.0. The van der Waals surface area contributed by atoms with Gasteiger partial charge in [0.25, 0.3) is 5.91 Å². The lowest BCUT2D eigenvalue weighted by molar-refractivity contribution is -0.123. The fourth-order valence-electron chi connectivity index (χ4n) is 5.49. The van der Waals surface area contributed by atoms with Crippen molar-refractivity contribution in [2.75, 3.05) is 26.2 Å². The summed E-state index contributed by atoms with van der Waals surface area (Å²) in [6, 6.07) is 19.2. The maximum absolute atomic E-state index is 12.5. The molecule has 2 fully saturated rings. The Hall–Kier alpha value is -2.79. The lowest BCUT2D eigenvalue weighted by atomic mass is 9.83. The average Bonchev–Trinajstić information content (AvgIpc) is 3.25. The number of nitrogens with one attached hydrogen (secondary N) is 1. The Morgan fingerprint density at radius 1 is 0.969 bits per heavy atom. The molecule has 2 saturated heterocycles. The number of hydrogen-bond donors (Lipinski definition) is 1. The number of nitrogens with zero attached hydrogens (tertiary/aromatic N) is 2. The molecule has 2 aromatic carbocycles. The molecule has 0 bridgehead atoms. The van der Waals surface area contributed by atoms with Gasteiger partial charge in [0.15, 0.2) is 6.61 Å². The van der Waals surface area contributed by atoms with Gasteiger partial charge in [-0.2, -0.15) is 0 Å². The van der Waals surface area contributed by atoms with Crippen LogP contribution in [0.1, 0.15) is 37.7 Å². The molecule has 3 heterocycles. The van der Waals surface area contributed by atoms with Crippen LogP contribution in [0, 0.1) is 5.92 Å². The van der Waals surface area contributed by atoms with E-state index in [1.807, 2.05) is 18.2 Å². The Kier molecular flexibility index (Phi) is 6.44. The van der Waals surface area contributed by atoms with Gasteiger partial charge in [-0.25, -0.2) is 0 Å². The Morgan fingerprint density at radius 2 is 1.84 bits per heavy atom. The van der Waals surface area contributed by atoms with Gasteiger partial charge < -0.3 is 19.5 Å². The summed E-state index contributed by atoms with van der Waals surface area (Å²) >= 11 is 0. The van der Waals surface area contributed by atoms with Crippen LogP contribution in [0.3, 0.4) is 0 Å². The van der Waals surface area contributed by atoms with Crippen LogP contribution in [0.4, 0.5) is 0 Å². The summed E-state index contributed by atoms with van der Waals surface area (Å²) in [7, 11) is 0. The molecule has 1 N–H and O–H groups in total. The molecule has 0 radical (unpaired) electrons. The predicted molar refractivity (Wildman–Crippen MR) is 128 cm³/mol. The maximum Gasteiger partial charge on any atom is 0.257 e. The number of fused-ring (bicyclic) bond motifs is 2. The van der Waals surface area contributed by atoms with Crippen molar-refractivity contribution >= 4 is 16.8 Å². The van der Waals surface area contributed by atoms with Gasteiger partial charge in [0.1, 0.15) is 5.75 Å². The van der Waals surface area contributed by atoms with Gasteiger partial charge in [0, 0.05) is 30.7 Å². The molecule has 0 aliphatic carbocycles. The van der Waals surface area contributed by atoms with Gasteiger partial charge in [0.2, 0.25) is 0 Å². The molecule has 168 valence electrons. The maximum atomic E-state index is 12.5. The summed E-state index contributed by atoms with van der Waals surface area (Å²) < 4.78 is 8.17. The van der Waals surface area contributed by atoms with Crippen LogP contribution in [0.5, 0.6) is 5.75 Å². The molecule has 5 rings (SSSR count). The van der Waals surface area contributed by atoms with Crippen LogP contribution in [-0.2, 0) is 11.3 Å². The highest BCUT2D eigenvalue weighted by Crippen LogP contribution is 2.30. The first-order valence-electron chi connectivity index (χ1n) is 12.0. The van der Waals surface area contributed by atoms with Crippen molar-refractivity contribution in [3.8, 4) is 5.75 Å². The number of carbonyl (C=O) groups is 1. The normalized spacial score (nSPS) is 21.2.